The average Bonchev–Trinajstić information content (AvgIpc) is 2.22. The number of carbonyl (C=O) groups is 1. The second-order valence-corrected chi connectivity index (χ2v) is 4.12. The Morgan fingerprint density at radius 3 is 2.71 bits per heavy atom. The second-order valence-electron chi connectivity index (χ2n) is 3.72. The van der Waals surface area contributed by atoms with E-state index >= 15 is 0 Å². The zero-order valence-corrected chi connectivity index (χ0v) is 10.7. The van der Waals surface area contributed by atoms with Gasteiger partial charge in [-0.25, -0.2) is 0 Å². The Kier molecular flexibility index (Phi) is 4.78. The molecule has 0 saturated carbocycles. The molecule has 0 spiro atoms. The third kappa shape index (κ3) is 3.91. The van der Waals surface area contributed by atoms with E-state index in [0.29, 0.717) is 16.3 Å². The van der Waals surface area contributed by atoms with Gasteiger partial charge in [0.05, 0.1) is 6.42 Å². The van der Waals surface area contributed by atoms with Gasteiger partial charge in [0, 0.05) is 17.7 Å². The van der Waals surface area contributed by atoms with Gasteiger partial charge in [0.15, 0.2) is 6.29 Å². The highest BCUT2D eigenvalue weighted by Gasteiger charge is 2.15. The maximum Gasteiger partial charge on any atom is 0.308 e. The normalized spacial score (nSPS) is 12.2. The van der Waals surface area contributed by atoms with Crippen LogP contribution in [0, 0.1) is 6.92 Å². The molecular weight excluding hydrogens is 244 g/mol. The van der Waals surface area contributed by atoms with Gasteiger partial charge in [-0.15, -0.1) is 0 Å². The summed E-state index contributed by atoms with van der Waals surface area (Å²) in [5.74, 6) is -0.502. The Morgan fingerprint density at radius 1 is 1.53 bits per heavy atom. The number of aryl methyl sites for hydroxylation is 1. The summed E-state index contributed by atoms with van der Waals surface area (Å²) in [6, 6.07) is 3.46. The minimum atomic E-state index is -0.953. The molecule has 0 saturated heterocycles. The Bertz CT molecular complexity index is 417. The van der Waals surface area contributed by atoms with Gasteiger partial charge in [0.25, 0.3) is 0 Å². The molecular formula is C12H15ClO4. The summed E-state index contributed by atoms with van der Waals surface area (Å²) in [6.45, 7) is 3.58. The van der Waals surface area contributed by atoms with Crippen LogP contribution >= 0.6 is 11.6 Å². The van der Waals surface area contributed by atoms with Crippen LogP contribution in [0.2, 0.25) is 5.02 Å². The van der Waals surface area contributed by atoms with Crippen LogP contribution in [0.3, 0.4) is 0 Å². The van der Waals surface area contributed by atoms with Crippen molar-refractivity contribution in [3.8, 4) is 5.75 Å². The average molecular weight is 259 g/mol. The molecule has 1 aromatic carbocycles. The fourth-order valence-corrected chi connectivity index (χ4v) is 1.73. The number of hydrogen-bond acceptors (Lipinski definition) is 3. The molecule has 0 fully saturated rings. The van der Waals surface area contributed by atoms with Crippen molar-refractivity contribution in [2.75, 3.05) is 7.11 Å². The third-order valence-corrected chi connectivity index (χ3v) is 2.59. The number of rotatable bonds is 5. The van der Waals surface area contributed by atoms with Crippen LogP contribution in [-0.4, -0.2) is 24.5 Å². The minimum absolute atomic E-state index is 0.176. The van der Waals surface area contributed by atoms with Gasteiger partial charge < -0.3 is 14.6 Å². The number of hydrogen-bond donors (Lipinski definition) is 1. The Labute approximate surface area is 105 Å². The largest absolute Gasteiger partial charge is 0.481 e. The zero-order valence-electron chi connectivity index (χ0n) is 9.99. The quantitative estimate of drug-likeness (QED) is 0.825. The van der Waals surface area contributed by atoms with Crippen molar-refractivity contribution >= 4 is 17.6 Å². The summed E-state index contributed by atoms with van der Waals surface area (Å²) in [6.07, 6.45) is -0.634. The number of carboxylic acid groups (broad SMARTS) is 1. The minimum Gasteiger partial charge on any atom is -0.481 e. The van der Waals surface area contributed by atoms with Gasteiger partial charge in [-0.3, -0.25) is 4.79 Å². The highest BCUT2D eigenvalue weighted by molar-refractivity contribution is 6.31. The fraction of sp³-hybridized carbons (Fsp3) is 0.417. The number of carboxylic acids is 1. The zero-order chi connectivity index (χ0) is 13.0. The summed E-state index contributed by atoms with van der Waals surface area (Å²) < 4.78 is 10.5. The lowest BCUT2D eigenvalue weighted by molar-refractivity contribution is -0.136. The maximum absolute atomic E-state index is 10.8. The van der Waals surface area contributed by atoms with E-state index in [4.69, 9.17) is 26.2 Å². The SMILES string of the molecule is COC(C)Oc1cc(C)cc(Cl)c1CC(=O)O. The molecule has 0 aliphatic carbocycles. The Hall–Kier alpha value is -1.26. The molecule has 0 heterocycles. The van der Waals surface area contributed by atoms with Gasteiger partial charge in [0.1, 0.15) is 5.75 Å². The molecule has 1 atom stereocenters. The smallest absolute Gasteiger partial charge is 0.308 e. The van der Waals surface area contributed by atoms with Crippen molar-refractivity contribution in [2.45, 2.75) is 26.6 Å². The molecule has 1 rings (SSSR count). The summed E-state index contributed by atoms with van der Waals surface area (Å²) in [5, 5.41) is 9.23. The lowest BCUT2D eigenvalue weighted by atomic mass is 10.1. The van der Waals surface area contributed by atoms with Crippen LogP contribution in [-0.2, 0) is 16.0 Å². The number of halogens is 1. The van der Waals surface area contributed by atoms with Crippen molar-refractivity contribution in [1.82, 2.24) is 0 Å². The molecule has 1 unspecified atom stereocenters. The van der Waals surface area contributed by atoms with Crippen molar-refractivity contribution in [1.29, 1.82) is 0 Å². The van der Waals surface area contributed by atoms with Gasteiger partial charge in [-0.05, 0) is 31.5 Å². The first-order chi connectivity index (χ1) is 7.93. The number of aliphatic carboxylic acids is 1. The second kappa shape index (κ2) is 5.89. The molecule has 0 aliphatic rings. The molecule has 4 nitrogen and oxygen atoms in total. The molecule has 1 aromatic rings. The first kappa shape index (κ1) is 13.8. The van der Waals surface area contributed by atoms with E-state index in [2.05, 4.69) is 0 Å². The number of ether oxygens (including phenoxy) is 2. The van der Waals surface area contributed by atoms with E-state index in [0.717, 1.165) is 5.56 Å². The van der Waals surface area contributed by atoms with Crippen molar-refractivity contribution < 1.29 is 19.4 Å². The van der Waals surface area contributed by atoms with Crippen LogP contribution in [0.25, 0.3) is 0 Å². The standard InChI is InChI=1S/C12H15ClO4/c1-7-4-10(13)9(6-12(14)15)11(5-7)17-8(2)16-3/h4-5,8H,6H2,1-3H3,(H,14,15). The van der Waals surface area contributed by atoms with Crippen LogP contribution in [0.5, 0.6) is 5.75 Å². The predicted octanol–water partition coefficient (Wildman–Crippen LogP) is 2.65. The highest BCUT2D eigenvalue weighted by atomic mass is 35.5. The van der Waals surface area contributed by atoms with E-state index in [9.17, 15) is 4.79 Å². The molecule has 0 aromatic heterocycles. The third-order valence-electron chi connectivity index (χ3n) is 2.25. The van der Waals surface area contributed by atoms with Gasteiger partial charge in [0.2, 0.25) is 0 Å². The van der Waals surface area contributed by atoms with Crippen LogP contribution in [0.15, 0.2) is 12.1 Å². The van der Waals surface area contributed by atoms with Crippen molar-refractivity contribution in [3.05, 3.63) is 28.3 Å². The van der Waals surface area contributed by atoms with E-state index in [1.807, 2.05) is 6.92 Å². The summed E-state index contributed by atoms with van der Waals surface area (Å²) in [7, 11) is 1.51. The molecule has 94 valence electrons. The van der Waals surface area contributed by atoms with Crippen LogP contribution in [0.4, 0.5) is 0 Å². The maximum atomic E-state index is 10.8. The molecule has 0 aliphatic heterocycles. The molecule has 5 heteroatoms. The summed E-state index contributed by atoms with van der Waals surface area (Å²) in [4.78, 5) is 10.8. The molecule has 0 amide bonds. The molecule has 17 heavy (non-hydrogen) atoms. The fourth-order valence-electron chi connectivity index (χ4n) is 1.40. The molecule has 1 N–H and O–H groups in total. The number of benzene rings is 1. The first-order valence-electron chi connectivity index (χ1n) is 5.14. The lowest BCUT2D eigenvalue weighted by Crippen LogP contribution is -2.15. The molecule has 0 bridgehead atoms. The Morgan fingerprint density at radius 2 is 2.18 bits per heavy atom. The van der Waals surface area contributed by atoms with E-state index < -0.39 is 12.3 Å². The predicted molar refractivity (Wildman–Crippen MR) is 64.6 cm³/mol. The monoisotopic (exact) mass is 258 g/mol. The van der Waals surface area contributed by atoms with Gasteiger partial charge in [-0.1, -0.05) is 11.6 Å². The van der Waals surface area contributed by atoms with Crippen molar-refractivity contribution in [3.63, 3.8) is 0 Å². The van der Waals surface area contributed by atoms with Crippen molar-refractivity contribution in [2.24, 2.45) is 0 Å². The lowest BCUT2D eigenvalue weighted by Gasteiger charge is -2.17. The first-order valence-corrected chi connectivity index (χ1v) is 5.52. The highest BCUT2D eigenvalue weighted by Crippen LogP contribution is 2.29. The van der Waals surface area contributed by atoms with Gasteiger partial charge in [-0.2, -0.15) is 0 Å². The molecule has 0 radical (unpaired) electrons. The summed E-state index contributed by atoms with van der Waals surface area (Å²) in [5.41, 5.74) is 1.37. The van der Waals surface area contributed by atoms with E-state index in [1.54, 1.807) is 19.1 Å². The number of methoxy groups -OCH3 is 1. The van der Waals surface area contributed by atoms with Crippen LogP contribution in [0.1, 0.15) is 18.1 Å². The van der Waals surface area contributed by atoms with E-state index in [-0.39, 0.29) is 6.42 Å². The Balaban J connectivity index is 3.10. The van der Waals surface area contributed by atoms with Gasteiger partial charge >= 0.3 is 5.97 Å². The van der Waals surface area contributed by atoms with Crippen LogP contribution < -0.4 is 4.74 Å². The van der Waals surface area contributed by atoms with E-state index in [1.165, 1.54) is 7.11 Å². The topological polar surface area (TPSA) is 55.8 Å². The summed E-state index contributed by atoms with van der Waals surface area (Å²) >= 11 is 6.02.